The van der Waals surface area contributed by atoms with Crippen LogP contribution in [-0.4, -0.2) is 16.7 Å². The number of benzene rings is 1. The Hall–Kier alpha value is -1.64. The number of carbonyl (C=O) groups excluding carboxylic acids is 1. The van der Waals surface area contributed by atoms with Crippen molar-refractivity contribution in [3.63, 3.8) is 0 Å². The van der Waals surface area contributed by atoms with Crippen molar-refractivity contribution in [2.24, 2.45) is 11.1 Å². The molecule has 90 valence electrons. The van der Waals surface area contributed by atoms with E-state index < -0.39 is 0 Å². The molecule has 1 N–H and O–H groups in total. The van der Waals surface area contributed by atoms with E-state index in [1.165, 1.54) is 6.42 Å². The summed E-state index contributed by atoms with van der Waals surface area (Å²) in [6.45, 7) is 0. The molecule has 0 bridgehead atoms. The monoisotopic (exact) mass is 231 g/mol. The summed E-state index contributed by atoms with van der Waals surface area (Å²) in [7, 11) is 0. The number of rotatable bonds is 3. The highest BCUT2D eigenvalue weighted by Crippen LogP contribution is 2.25. The van der Waals surface area contributed by atoms with Gasteiger partial charge in [-0.1, -0.05) is 54.8 Å². The molecule has 17 heavy (non-hydrogen) atoms. The molecule has 3 nitrogen and oxygen atoms in total. The Bertz CT molecular complexity index is 405. The average Bonchev–Trinajstić information content (AvgIpc) is 2.42. The van der Waals surface area contributed by atoms with Crippen molar-refractivity contribution in [1.82, 2.24) is 0 Å². The topological polar surface area (TPSA) is 49.7 Å². The maximum absolute atomic E-state index is 12.2. The van der Waals surface area contributed by atoms with Gasteiger partial charge in [0.25, 0.3) is 0 Å². The smallest absolute Gasteiger partial charge is 0.188 e. The standard InChI is InChI=1S/C14H17NO2/c16-14(12-9-5-2-6-10-12)13(15-17)11-7-3-1-4-8-11/h1,3-4,7-8,12,17H,2,5-6,9-10H2/b15-13+. The van der Waals surface area contributed by atoms with Crippen LogP contribution in [0.25, 0.3) is 0 Å². The van der Waals surface area contributed by atoms with Gasteiger partial charge in [-0.3, -0.25) is 4.79 Å². The summed E-state index contributed by atoms with van der Waals surface area (Å²) in [6, 6.07) is 9.17. The summed E-state index contributed by atoms with van der Waals surface area (Å²) in [6.07, 6.45) is 5.25. The van der Waals surface area contributed by atoms with Crippen molar-refractivity contribution in [3.05, 3.63) is 35.9 Å². The highest BCUT2D eigenvalue weighted by molar-refractivity contribution is 6.46. The molecule has 0 atom stereocenters. The summed E-state index contributed by atoms with van der Waals surface area (Å²) >= 11 is 0. The van der Waals surface area contributed by atoms with Crippen LogP contribution in [0.3, 0.4) is 0 Å². The van der Waals surface area contributed by atoms with Crippen LogP contribution in [0.1, 0.15) is 37.7 Å². The first kappa shape index (κ1) is 11.8. The molecule has 0 radical (unpaired) electrons. The Labute approximate surface area is 101 Å². The van der Waals surface area contributed by atoms with E-state index >= 15 is 0 Å². The van der Waals surface area contributed by atoms with E-state index in [4.69, 9.17) is 5.21 Å². The van der Waals surface area contributed by atoms with E-state index in [9.17, 15) is 4.79 Å². The van der Waals surface area contributed by atoms with E-state index in [1.807, 2.05) is 18.2 Å². The van der Waals surface area contributed by atoms with Gasteiger partial charge in [-0.2, -0.15) is 0 Å². The van der Waals surface area contributed by atoms with E-state index in [2.05, 4.69) is 5.16 Å². The third-order valence-corrected chi connectivity index (χ3v) is 3.36. The van der Waals surface area contributed by atoms with Crippen LogP contribution in [0, 0.1) is 5.92 Å². The lowest BCUT2D eigenvalue weighted by molar-refractivity contribution is -0.117. The first-order valence-corrected chi connectivity index (χ1v) is 6.14. The Morgan fingerprint density at radius 1 is 1.12 bits per heavy atom. The zero-order valence-corrected chi connectivity index (χ0v) is 9.80. The van der Waals surface area contributed by atoms with Gasteiger partial charge >= 0.3 is 0 Å². The van der Waals surface area contributed by atoms with Gasteiger partial charge in [-0.25, -0.2) is 0 Å². The molecule has 3 heteroatoms. The molecule has 1 aliphatic rings. The SMILES string of the molecule is O=C(/C(=N/O)c1ccccc1)C1CCCCC1. The number of hydrogen-bond donors (Lipinski definition) is 1. The molecule has 0 aliphatic heterocycles. The molecule has 0 saturated heterocycles. The molecule has 1 saturated carbocycles. The number of oxime groups is 1. The number of nitrogens with zero attached hydrogens (tertiary/aromatic N) is 1. The summed E-state index contributed by atoms with van der Waals surface area (Å²) in [5, 5.41) is 12.2. The third kappa shape index (κ3) is 2.73. The zero-order chi connectivity index (χ0) is 12.1. The summed E-state index contributed by atoms with van der Waals surface area (Å²) in [5.74, 6) is 0.0215. The predicted molar refractivity (Wildman–Crippen MR) is 66.3 cm³/mol. The van der Waals surface area contributed by atoms with Crippen LogP contribution in [0.5, 0.6) is 0 Å². The first-order chi connectivity index (χ1) is 8.33. The lowest BCUT2D eigenvalue weighted by atomic mass is 9.83. The quantitative estimate of drug-likeness (QED) is 0.494. The molecule has 2 rings (SSSR count). The van der Waals surface area contributed by atoms with Crippen molar-refractivity contribution in [2.75, 3.05) is 0 Å². The molecule has 0 aromatic heterocycles. The summed E-state index contributed by atoms with van der Waals surface area (Å²) in [5.41, 5.74) is 0.906. The Balaban J connectivity index is 2.16. The van der Waals surface area contributed by atoms with Crippen molar-refractivity contribution in [2.45, 2.75) is 32.1 Å². The summed E-state index contributed by atoms with van der Waals surface area (Å²) in [4.78, 5) is 12.2. The molecule has 0 spiro atoms. The van der Waals surface area contributed by atoms with Crippen LogP contribution in [0.4, 0.5) is 0 Å². The van der Waals surface area contributed by atoms with Crippen molar-refractivity contribution in [1.29, 1.82) is 0 Å². The minimum Gasteiger partial charge on any atom is -0.410 e. The lowest BCUT2D eigenvalue weighted by Crippen LogP contribution is -2.26. The molecule has 0 heterocycles. The van der Waals surface area contributed by atoms with E-state index in [1.54, 1.807) is 12.1 Å². The van der Waals surface area contributed by atoms with Gasteiger partial charge in [-0.05, 0) is 12.8 Å². The van der Waals surface area contributed by atoms with Crippen LogP contribution in [0.2, 0.25) is 0 Å². The zero-order valence-electron chi connectivity index (χ0n) is 9.80. The van der Waals surface area contributed by atoms with Gasteiger partial charge in [0.05, 0.1) is 0 Å². The van der Waals surface area contributed by atoms with Crippen LogP contribution in [-0.2, 0) is 4.79 Å². The average molecular weight is 231 g/mol. The highest BCUT2D eigenvalue weighted by Gasteiger charge is 2.26. The Kier molecular flexibility index (Phi) is 3.91. The molecular formula is C14H17NO2. The van der Waals surface area contributed by atoms with Crippen molar-refractivity contribution >= 4 is 11.5 Å². The largest absolute Gasteiger partial charge is 0.410 e. The minimum absolute atomic E-state index is 0.0154. The summed E-state index contributed by atoms with van der Waals surface area (Å²) < 4.78 is 0. The molecule has 0 unspecified atom stereocenters. The minimum atomic E-state index is -0.0154. The van der Waals surface area contributed by atoms with Gasteiger partial charge in [0.1, 0.15) is 0 Å². The Morgan fingerprint density at radius 3 is 2.35 bits per heavy atom. The van der Waals surface area contributed by atoms with Crippen LogP contribution >= 0.6 is 0 Å². The first-order valence-electron chi connectivity index (χ1n) is 6.14. The molecule has 1 aromatic rings. The third-order valence-electron chi connectivity index (χ3n) is 3.36. The fourth-order valence-corrected chi connectivity index (χ4v) is 2.40. The molecule has 1 fully saturated rings. The number of hydrogen-bond acceptors (Lipinski definition) is 3. The molecule has 0 amide bonds. The molecule has 1 aliphatic carbocycles. The fraction of sp³-hybridized carbons (Fsp3) is 0.429. The van der Waals surface area contributed by atoms with Gasteiger partial charge in [0.2, 0.25) is 0 Å². The van der Waals surface area contributed by atoms with Gasteiger partial charge in [0, 0.05) is 11.5 Å². The maximum atomic E-state index is 12.2. The van der Waals surface area contributed by atoms with Gasteiger partial charge < -0.3 is 5.21 Å². The van der Waals surface area contributed by atoms with Crippen molar-refractivity contribution < 1.29 is 10.0 Å². The van der Waals surface area contributed by atoms with E-state index in [0.717, 1.165) is 25.7 Å². The second-order valence-corrected chi connectivity index (χ2v) is 4.51. The molecular weight excluding hydrogens is 214 g/mol. The Morgan fingerprint density at radius 2 is 1.76 bits per heavy atom. The maximum Gasteiger partial charge on any atom is 0.188 e. The van der Waals surface area contributed by atoms with Crippen LogP contribution < -0.4 is 0 Å². The van der Waals surface area contributed by atoms with E-state index in [-0.39, 0.29) is 17.4 Å². The number of carbonyl (C=O) groups is 1. The van der Waals surface area contributed by atoms with Gasteiger partial charge in [0.15, 0.2) is 11.5 Å². The predicted octanol–water partition coefficient (Wildman–Crippen LogP) is 3.01. The van der Waals surface area contributed by atoms with Crippen molar-refractivity contribution in [3.8, 4) is 0 Å². The fourth-order valence-electron chi connectivity index (χ4n) is 2.40. The lowest BCUT2D eigenvalue weighted by Gasteiger charge is -2.20. The molecule has 1 aromatic carbocycles. The second-order valence-electron chi connectivity index (χ2n) is 4.51. The van der Waals surface area contributed by atoms with Gasteiger partial charge in [-0.15, -0.1) is 0 Å². The van der Waals surface area contributed by atoms with E-state index in [0.29, 0.717) is 5.56 Å². The highest BCUT2D eigenvalue weighted by atomic mass is 16.4. The normalized spacial score (nSPS) is 18.0. The second kappa shape index (κ2) is 5.62. The van der Waals surface area contributed by atoms with Crippen LogP contribution in [0.15, 0.2) is 35.5 Å². The number of ketones is 1. The number of Topliss-reactive ketones (excluding diaryl/α,β-unsaturated/α-hetero) is 1.